The molecule has 0 unspecified atom stereocenters. The van der Waals surface area contributed by atoms with E-state index in [1.54, 1.807) is 0 Å². The van der Waals surface area contributed by atoms with Crippen molar-refractivity contribution in [3.05, 3.63) is 35.9 Å². The molecule has 0 radical (unpaired) electrons. The molecule has 0 atom stereocenters. The fourth-order valence-corrected chi connectivity index (χ4v) is 1.17. The first-order valence-electron chi connectivity index (χ1n) is 4.65. The molecule has 0 amide bonds. The van der Waals surface area contributed by atoms with Gasteiger partial charge in [0.05, 0.1) is 0 Å². The molecule has 1 aromatic rings. The Bertz CT molecular complexity index is 187. The Morgan fingerprint density at radius 1 is 1.23 bits per heavy atom. The molecule has 0 aliphatic heterocycles. The molecule has 0 aromatic heterocycles. The van der Waals surface area contributed by atoms with E-state index < -0.39 is 0 Å². The molecule has 13 heavy (non-hydrogen) atoms. The Kier molecular flexibility index (Phi) is 11.1. The average molecular weight is 340 g/mol. The van der Waals surface area contributed by atoms with Crippen molar-refractivity contribution in [2.75, 3.05) is 0 Å². The second-order valence-electron chi connectivity index (χ2n) is 2.87. The van der Waals surface area contributed by atoms with Gasteiger partial charge in [-0.1, -0.05) is 32.6 Å². The van der Waals surface area contributed by atoms with Crippen LogP contribution >= 0.6 is 19.8 Å². The summed E-state index contributed by atoms with van der Waals surface area (Å²) in [6.45, 7) is 2.23. The number of rotatable bonds is 4. The number of aryl methyl sites for hydroxylation is 1. The van der Waals surface area contributed by atoms with Crippen LogP contribution in [0.4, 0.5) is 0 Å². The zero-order chi connectivity index (χ0) is 9.94. The molecule has 0 nitrogen and oxygen atoms in total. The van der Waals surface area contributed by atoms with Crippen LogP contribution in [0.15, 0.2) is 24.3 Å². The van der Waals surface area contributed by atoms with Crippen LogP contribution in [0.25, 0.3) is 0 Å². The van der Waals surface area contributed by atoms with Gasteiger partial charge in [0.2, 0.25) is 0 Å². The minimum absolute atomic E-state index is 1.22. The predicted molar refractivity (Wildman–Crippen MR) is 62.5 cm³/mol. The number of unbranched alkanes of at least 4 members (excludes halogenated alkanes) is 2. The summed E-state index contributed by atoms with van der Waals surface area (Å²) in [5.41, 5.74) is 1.44. The maximum atomic E-state index is 3.02. The molecule has 68 valence electrons. The van der Waals surface area contributed by atoms with E-state index in [2.05, 4.69) is 44.9 Å². The molecular weight excluding hydrogens is 324 g/mol. The van der Waals surface area contributed by atoms with E-state index >= 15 is 0 Å². The summed E-state index contributed by atoms with van der Waals surface area (Å²) in [6, 6.07) is 11.3. The summed E-state index contributed by atoms with van der Waals surface area (Å²) >= 11 is 3.62. The van der Waals surface area contributed by atoms with Crippen molar-refractivity contribution in [2.24, 2.45) is 0 Å². The second kappa shape index (κ2) is 10.7. The molecule has 0 saturated carbocycles. The number of hydrogen-bond donors (Lipinski definition) is 0. The van der Waals surface area contributed by atoms with Gasteiger partial charge >= 0.3 is 34.5 Å². The third-order valence-corrected chi connectivity index (χ3v) is 1.86. The molecule has 0 fully saturated rings. The second-order valence-corrected chi connectivity index (χ2v) is 2.87. The fourth-order valence-electron chi connectivity index (χ4n) is 1.17. The van der Waals surface area contributed by atoms with E-state index in [0.717, 1.165) is 0 Å². The van der Waals surface area contributed by atoms with E-state index in [1.807, 2.05) is 12.1 Å². The van der Waals surface area contributed by atoms with E-state index in [-0.39, 0.29) is 0 Å². The minimum atomic E-state index is 1.22. The van der Waals surface area contributed by atoms with Crippen molar-refractivity contribution in [3.63, 3.8) is 0 Å². The van der Waals surface area contributed by atoms with Crippen LogP contribution in [0.5, 0.6) is 0 Å². The van der Waals surface area contributed by atoms with Crippen LogP contribution in [0.3, 0.4) is 0 Å². The van der Waals surface area contributed by atoms with Gasteiger partial charge in [-0.05, 0) is 0 Å². The number of halogens is 1. The first-order chi connectivity index (χ1) is 6.43. The van der Waals surface area contributed by atoms with Crippen molar-refractivity contribution in [1.82, 2.24) is 0 Å². The quantitative estimate of drug-likeness (QED) is 0.335. The van der Waals surface area contributed by atoms with Crippen LogP contribution in [-0.2, 0) is 21.2 Å². The van der Waals surface area contributed by atoms with Gasteiger partial charge in [0.25, 0.3) is 0 Å². The molecule has 0 spiro atoms. The van der Waals surface area contributed by atoms with E-state index in [4.69, 9.17) is 0 Å². The monoisotopic (exact) mass is 338 g/mol. The predicted octanol–water partition coefficient (Wildman–Crippen LogP) is 4.10. The summed E-state index contributed by atoms with van der Waals surface area (Å²) in [5.74, 6) is 0. The number of benzene rings is 1. The molecule has 0 aliphatic rings. The van der Waals surface area contributed by atoms with E-state index in [0.29, 0.717) is 0 Å². The van der Waals surface area contributed by atoms with Crippen molar-refractivity contribution in [1.29, 1.82) is 0 Å². The zero-order valence-electron chi connectivity index (χ0n) is 8.22. The number of hydrogen-bond acceptors (Lipinski definition) is 0. The van der Waals surface area contributed by atoms with Crippen molar-refractivity contribution < 1.29 is 14.8 Å². The van der Waals surface area contributed by atoms with Gasteiger partial charge in [0.15, 0.2) is 0 Å². The van der Waals surface area contributed by atoms with Crippen molar-refractivity contribution >= 4 is 19.8 Å². The van der Waals surface area contributed by atoms with Gasteiger partial charge in [-0.15, -0.1) is 0 Å². The first kappa shape index (κ1) is 13.6. The molecule has 0 bridgehead atoms. The first-order valence-corrected chi connectivity index (χ1v) is 13.7. The SMILES string of the molecule is CCCCCc1cc[c-]cc1.[Zn+][I]. The van der Waals surface area contributed by atoms with Crippen LogP contribution in [-0.4, -0.2) is 0 Å². The van der Waals surface area contributed by atoms with Crippen molar-refractivity contribution in [2.45, 2.75) is 32.6 Å². The molecule has 0 heterocycles. The topological polar surface area (TPSA) is 0 Å². The third kappa shape index (κ3) is 7.63. The Morgan fingerprint density at radius 3 is 2.38 bits per heavy atom. The molecule has 1 aromatic carbocycles. The maximum absolute atomic E-state index is 3.02. The van der Waals surface area contributed by atoms with Gasteiger partial charge in [-0.25, -0.2) is 0 Å². The zero-order valence-corrected chi connectivity index (χ0v) is 13.3. The Balaban J connectivity index is 0.000000671. The Labute approximate surface area is 102 Å². The molecule has 2 heteroatoms. The Morgan fingerprint density at radius 2 is 1.85 bits per heavy atom. The average Bonchev–Trinajstić information content (AvgIpc) is 2.23. The van der Waals surface area contributed by atoms with Crippen LogP contribution in [0.2, 0.25) is 0 Å². The standard InChI is InChI=1S/C11H15.HI.Zn/c1-2-3-5-8-11-9-6-4-7-10-11;;/h6-7,9-10H,2-3,5,8H2,1H3;1H;/q-1;;+2/p-1. The van der Waals surface area contributed by atoms with Crippen LogP contribution in [0.1, 0.15) is 31.7 Å². The molecular formula is C11H15IZn. The molecule has 0 aliphatic carbocycles. The van der Waals surface area contributed by atoms with E-state index in [1.165, 1.54) is 46.0 Å². The summed E-state index contributed by atoms with van der Waals surface area (Å²) in [5, 5.41) is 0. The molecule has 1 rings (SSSR count). The van der Waals surface area contributed by atoms with Gasteiger partial charge in [-0.3, -0.25) is 0 Å². The third-order valence-electron chi connectivity index (χ3n) is 1.86. The summed E-state index contributed by atoms with van der Waals surface area (Å²) in [4.78, 5) is 0. The summed E-state index contributed by atoms with van der Waals surface area (Å²) in [6.07, 6.45) is 5.20. The summed E-state index contributed by atoms with van der Waals surface area (Å²) in [7, 11) is 0. The van der Waals surface area contributed by atoms with Gasteiger partial charge in [0, 0.05) is 0 Å². The van der Waals surface area contributed by atoms with Gasteiger partial charge < -0.3 is 0 Å². The normalized spacial score (nSPS) is 8.92. The van der Waals surface area contributed by atoms with Crippen LogP contribution in [0, 0.1) is 6.07 Å². The van der Waals surface area contributed by atoms with E-state index in [9.17, 15) is 0 Å². The van der Waals surface area contributed by atoms with Crippen LogP contribution < -0.4 is 0 Å². The van der Waals surface area contributed by atoms with Gasteiger partial charge in [0.1, 0.15) is 0 Å². The summed E-state index contributed by atoms with van der Waals surface area (Å²) < 4.78 is 0. The molecule has 0 N–H and O–H groups in total. The Hall–Kier alpha value is 0.573. The van der Waals surface area contributed by atoms with Gasteiger partial charge in [-0.2, -0.15) is 35.9 Å². The molecule has 0 saturated heterocycles. The fraction of sp³-hybridized carbons (Fsp3) is 0.455. The van der Waals surface area contributed by atoms with Crippen molar-refractivity contribution in [3.8, 4) is 0 Å².